The summed E-state index contributed by atoms with van der Waals surface area (Å²) in [5.74, 6) is 0.869. The largest absolute Gasteiger partial charge is 0.494 e. The first-order valence-corrected chi connectivity index (χ1v) is 9.68. The fraction of sp³-hybridized carbons (Fsp3) is 0.304. The van der Waals surface area contributed by atoms with E-state index in [0.717, 1.165) is 28.9 Å². The topological polar surface area (TPSA) is 56.2 Å². The van der Waals surface area contributed by atoms with E-state index in [1.165, 1.54) is 5.57 Å². The molecule has 2 aromatic carbocycles. The SMILES string of the molecule is CCOc1ccc2c(c1)C=C(CCn1cnc3ccccc3c1=O)C(C)(C)N2. The molecule has 0 radical (unpaired) electrons. The second-order valence-electron chi connectivity index (χ2n) is 7.61. The number of hydrogen-bond acceptors (Lipinski definition) is 4. The van der Waals surface area contributed by atoms with Gasteiger partial charge in [0, 0.05) is 17.8 Å². The van der Waals surface area contributed by atoms with E-state index in [0.29, 0.717) is 18.5 Å². The second kappa shape index (κ2) is 7.15. The highest BCUT2D eigenvalue weighted by atomic mass is 16.5. The molecule has 0 atom stereocenters. The maximum absolute atomic E-state index is 12.7. The number of anilines is 1. The predicted molar refractivity (Wildman–Crippen MR) is 114 cm³/mol. The van der Waals surface area contributed by atoms with Crippen LogP contribution in [0.1, 0.15) is 32.8 Å². The summed E-state index contributed by atoms with van der Waals surface area (Å²) < 4.78 is 7.33. The third kappa shape index (κ3) is 3.40. The highest BCUT2D eigenvalue weighted by Gasteiger charge is 2.27. The number of ether oxygens (including phenoxy) is 1. The van der Waals surface area contributed by atoms with E-state index in [2.05, 4.69) is 42.4 Å². The standard InChI is InChI=1S/C23H25N3O2/c1-4-28-18-9-10-20-16(14-18)13-17(23(2,3)25-20)11-12-26-15-24-21-8-6-5-7-19(21)22(26)27/h5-10,13-15,25H,4,11-12H2,1-3H3. The Kier molecular flexibility index (Phi) is 4.67. The molecule has 0 aliphatic carbocycles. The van der Waals surface area contributed by atoms with Gasteiger partial charge in [-0.1, -0.05) is 18.2 Å². The maximum Gasteiger partial charge on any atom is 0.261 e. The van der Waals surface area contributed by atoms with Gasteiger partial charge in [-0.3, -0.25) is 9.36 Å². The average molecular weight is 375 g/mol. The van der Waals surface area contributed by atoms with Crippen molar-refractivity contribution in [3.8, 4) is 5.75 Å². The summed E-state index contributed by atoms with van der Waals surface area (Å²) in [7, 11) is 0. The monoisotopic (exact) mass is 375 g/mol. The minimum Gasteiger partial charge on any atom is -0.494 e. The molecular weight excluding hydrogens is 350 g/mol. The lowest BCUT2D eigenvalue weighted by atomic mass is 9.85. The van der Waals surface area contributed by atoms with Gasteiger partial charge in [-0.25, -0.2) is 4.98 Å². The van der Waals surface area contributed by atoms with Crippen molar-refractivity contribution in [3.05, 3.63) is 70.3 Å². The minimum atomic E-state index is -0.186. The van der Waals surface area contributed by atoms with Crippen LogP contribution in [0.25, 0.3) is 17.0 Å². The molecule has 0 amide bonds. The zero-order valence-corrected chi connectivity index (χ0v) is 16.5. The third-order valence-electron chi connectivity index (χ3n) is 5.27. The summed E-state index contributed by atoms with van der Waals surface area (Å²) in [4.78, 5) is 17.2. The van der Waals surface area contributed by atoms with Gasteiger partial charge in [0.1, 0.15) is 5.75 Å². The summed E-state index contributed by atoms with van der Waals surface area (Å²) >= 11 is 0. The Morgan fingerprint density at radius 2 is 2.00 bits per heavy atom. The number of aromatic nitrogens is 2. The van der Waals surface area contributed by atoms with E-state index in [1.54, 1.807) is 10.9 Å². The summed E-state index contributed by atoms with van der Waals surface area (Å²) in [5.41, 5.74) is 4.01. The molecule has 0 unspecified atom stereocenters. The van der Waals surface area contributed by atoms with Gasteiger partial charge in [0.05, 0.1) is 29.4 Å². The van der Waals surface area contributed by atoms with Gasteiger partial charge >= 0.3 is 0 Å². The van der Waals surface area contributed by atoms with Crippen LogP contribution >= 0.6 is 0 Å². The highest BCUT2D eigenvalue weighted by Crippen LogP contribution is 2.36. The van der Waals surface area contributed by atoms with Crippen LogP contribution in [0, 0.1) is 0 Å². The smallest absolute Gasteiger partial charge is 0.261 e. The lowest BCUT2D eigenvalue weighted by Gasteiger charge is -2.35. The molecule has 0 saturated carbocycles. The Morgan fingerprint density at radius 3 is 2.82 bits per heavy atom. The van der Waals surface area contributed by atoms with Crippen LogP contribution in [0.2, 0.25) is 0 Å². The molecule has 1 N–H and O–H groups in total. The molecular formula is C23H25N3O2. The summed E-state index contributed by atoms with van der Waals surface area (Å²) in [6.45, 7) is 7.55. The molecule has 5 nitrogen and oxygen atoms in total. The van der Waals surface area contributed by atoms with E-state index in [1.807, 2.05) is 37.3 Å². The molecule has 1 aromatic heterocycles. The van der Waals surface area contributed by atoms with Crippen molar-refractivity contribution in [1.29, 1.82) is 0 Å². The number of aryl methyl sites for hydroxylation is 1. The summed E-state index contributed by atoms with van der Waals surface area (Å²) in [6.07, 6.45) is 4.63. The van der Waals surface area contributed by atoms with Crippen molar-refractivity contribution >= 4 is 22.7 Å². The molecule has 4 rings (SSSR count). The Balaban J connectivity index is 1.62. The molecule has 2 heterocycles. The quantitative estimate of drug-likeness (QED) is 0.715. The summed E-state index contributed by atoms with van der Waals surface area (Å²) in [6, 6.07) is 13.6. The van der Waals surface area contributed by atoms with Crippen molar-refractivity contribution in [1.82, 2.24) is 9.55 Å². The van der Waals surface area contributed by atoms with Crippen LogP contribution in [0.15, 0.2) is 59.2 Å². The zero-order valence-electron chi connectivity index (χ0n) is 16.5. The van der Waals surface area contributed by atoms with Crippen LogP contribution in [0.4, 0.5) is 5.69 Å². The van der Waals surface area contributed by atoms with Crippen molar-refractivity contribution in [2.75, 3.05) is 11.9 Å². The van der Waals surface area contributed by atoms with Crippen molar-refractivity contribution in [2.45, 2.75) is 39.3 Å². The third-order valence-corrected chi connectivity index (χ3v) is 5.27. The zero-order chi connectivity index (χ0) is 19.7. The lowest BCUT2D eigenvalue weighted by molar-refractivity contribution is 0.340. The second-order valence-corrected chi connectivity index (χ2v) is 7.61. The molecule has 144 valence electrons. The first kappa shape index (κ1) is 18.3. The molecule has 0 fully saturated rings. The Labute approximate surface area is 164 Å². The number of fused-ring (bicyclic) bond motifs is 2. The minimum absolute atomic E-state index is 0.00630. The Hall–Kier alpha value is -3.08. The van der Waals surface area contributed by atoms with Gasteiger partial charge in [-0.15, -0.1) is 0 Å². The van der Waals surface area contributed by atoms with Crippen LogP contribution in [-0.2, 0) is 6.54 Å². The van der Waals surface area contributed by atoms with E-state index in [-0.39, 0.29) is 11.1 Å². The van der Waals surface area contributed by atoms with E-state index in [4.69, 9.17) is 4.74 Å². The van der Waals surface area contributed by atoms with Crippen molar-refractivity contribution in [3.63, 3.8) is 0 Å². The van der Waals surface area contributed by atoms with Gasteiger partial charge in [0.15, 0.2) is 0 Å². The van der Waals surface area contributed by atoms with E-state index >= 15 is 0 Å². The van der Waals surface area contributed by atoms with Gasteiger partial charge in [0.2, 0.25) is 0 Å². The van der Waals surface area contributed by atoms with E-state index < -0.39 is 0 Å². The number of nitrogens with zero attached hydrogens (tertiary/aromatic N) is 2. The molecule has 3 aromatic rings. The molecule has 0 spiro atoms. The molecule has 1 aliphatic rings. The van der Waals surface area contributed by atoms with E-state index in [9.17, 15) is 4.79 Å². The van der Waals surface area contributed by atoms with Gasteiger partial charge in [0.25, 0.3) is 5.56 Å². The average Bonchev–Trinajstić information content (AvgIpc) is 2.68. The normalized spacial score (nSPS) is 14.9. The van der Waals surface area contributed by atoms with Gasteiger partial charge in [-0.2, -0.15) is 0 Å². The van der Waals surface area contributed by atoms with Crippen molar-refractivity contribution < 1.29 is 4.74 Å². The van der Waals surface area contributed by atoms with Crippen LogP contribution < -0.4 is 15.6 Å². The number of hydrogen-bond donors (Lipinski definition) is 1. The number of rotatable bonds is 5. The number of benzene rings is 2. The first-order chi connectivity index (χ1) is 13.5. The molecule has 0 saturated heterocycles. The van der Waals surface area contributed by atoms with Gasteiger partial charge < -0.3 is 10.1 Å². The predicted octanol–water partition coefficient (Wildman–Crippen LogP) is 4.47. The van der Waals surface area contributed by atoms with Crippen LogP contribution in [0.3, 0.4) is 0 Å². The van der Waals surface area contributed by atoms with Crippen LogP contribution in [0.5, 0.6) is 5.75 Å². The molecule has 1 aliphatic heterocycles. The summed E-state index contributed by atoms with van der Waals surface area (Å²) in [5, 5.41) is 4.27. The molecule has 5 heteroatoms. The maximum atomic E-state index is 12.7. The highest BCUT2D eigenvalue weighted by molar-refractivity contribution is 5.77. The lowest BCUT2D eigenvalue weighted by Crippen LogP contribution is -2.36. The fourth-order valence-corrected chi connectivity index (χ4v) is 3.71. The van der Waals surface area contributed by atoms with Crippen molar-refractivity contribution in [2.24, 2.45) is 0 Å². The van der Waals surface area contributed by atoms with Gasteiger partial charge in [-0.05, 0) is 63.1 Å². The Morgan fingerprint density at radius 1 is 1.18 bits per heavy atom. The first-order valence-electron chi connectivity index (χ1n) is 9.68. The number of para-hydroxylation sites is 1. The number of nitrogens with one attached hydrogen (secondary N) is 1. The fourth-order valence-electron chi connectivity index (χ4n) is 3.71. The molecule has 28 heavy (non-hydrogen) atoms. The van der Waals surface area contributed by atoms with Crippen LogP contribution in [-0.4, -0.2) is 21.7 Å². The molecule has 0 bridgehead atoms. The Bertz CT molecular complexity index is 1110.